The number of hydrogen-bond donors (Lipinski definition) is 0. The molecule has 0 fully saturated rings. The van der Waals surface area contributed by atoms with Gasteiger partial charge in [0.05, 0.1) is 0 Å². The lowest BCUT2D eigenvalue weighted by atomic mass is 10.0. The molecular formula is C74H128O6. The lowest BCUT2D eigenvalue weighted by Gasteiger charge is -2.18. The van der Waals surface area contributed by atoms with E-state index in [1.807, 2.05) is 0 Å². The van der Waals surface area contributed by atoms with Gasteiger partial charge in [0.2, 0.25) is 0 Å². The lowest BCUT2D eigenvalue weighted by Crippen LogP contribution is -2.30. The van der Waals surface area contributed by atoms with E-state index >= 15 is 0 Å². The molecule has 1 unspecified atom stereocenters. The van der Waals surface area contributed by atoms with Crippen LogP contribution in [0.1, 0.15) is 335 Å². The number of esters is 3. The number of ether oxygens (including phenoxy) is 3. The van der Waals surface area contributed by atoms with Crippen LogP contribution in [0.3, 0.4) is 0 Å². The third-order valence-electron chi connectivity index (χ3n) is 14.8. The Kier molecular flexibility index (Phi) is 64.7. The summed E-state index contributed by atoms with van der Waals surface area (Å²) in [7, 11) is 0. The highest BCUT2D eigenvalue weighted by Crippen LogP contribution is 2.17. The van der Waals surface area contributed by atoms with E-state index in [9.17, 15) is 14.4 Å². The molecule has 0 aliphatic heterocycles. The van der Waals surface area contributed by atoms with Gasteiger partial charge in [0, 0.05) is 19.3 Å². The van der Waals surface area contributed by atoms with Gasteiger partial charge in [-0.05, 0) is 103 Å². The molecule has 6 heteroatoms. The van der Waals surface area contributed by atoms with Crippen LogP contribution >= 0.6 is 0 Å². The Morgan fingerprint density at radius 3 is 0.775 bits per heavy atom. The maximum absolute atomic E-state index is 12.9. The van der Waals surface area contributed by atoms with Crippen LogP contribution in [0.15, 0.2) is 97.2 Å². The van der Waals surface area contributed by atoms with Crippen molar-refractivity contribution in [3.05, 3.63) is 97.2 Å². The van der Waals surface area contributed by atoms with Gasteiger partial charge in [0.25, 0.3) is 0 Å². The van der Waals surface area contributed by atoms with Gasteiger partial charge in [-0.3, -0.25) is 14.4 Å². The summed E-state index contributed by atoms with van der Waals surface area (Å²) in [6.07, 6.45) is 91.3. The van der Waals surface area contributed by atoms with Crippen molar-refractivity contribution in [1.29, 1.82) is 0 Å². The lowest BCUT2D eigenvalue weighted by molar-refractivity contribution is -0.167. The number of allylic oxidation sites excluding steroid dienone is 16. The van der Waals surface area contributed by atoms with E-state index in [4.69, 9.17) is 14.2 Å². The molecule has 0 saturated heterocycles. The third-order valence-corrected chi connectivity index (χ3v) is 14.8. The van der Waals surface area contributed by atoms with Gasteiger partial charge in [-0.1, -0.05) is 311 Å². The van der Waals surface area contributed by atoms with Crippen LogP contribution in [-0.4, -0.2) is 37.2 Å². The van der Waals surface area contributed by atoms with E-state index in [2.05, 4.69) is 118 Å². The number of hydrogen-bond acceptors (Lipinski definition) is 6. The fraction of sp³-hybridized carbons (Fsp3) is 0.743. The maximum atomic E-state index is 12.9. The molecule has 0 aromatic rings. The molecule has 6 nitrogen and oxygen atoms in total. The summed E-state index contributed by atoms with van der Waals surface area (Å²) in [5.41, 5.74) is 0. The number of unbranched alkanes of at least 4 members (excludes halogenated alkanes) is 35. The van der Waals surface area contributed by atoms with E-state index in [0.717, 1.165) is 122 Å². The standard InChI is InChI=1S/C74H128O6/c1-4-7-10-13-16-19-22-25-28-31-33-34-35-36-37-38-39-40-41-44-46-49-52-55-58-61-64-67-73(76)79-70-71(69-78-72(75)66-63-60-57-54-51-48-45-42-30-27-24-21-18-15-12-9-6-3)80-74(77)68-65-62-59-56-53-50-47-43-32-29-26-23-20-17-14-11-8-5-2/h7,10,16,19,25,28-29,32-34,36-37,39-40,44,46,71H,4-6,8-9,11-15,17-18,20-24,26-27,30-31,35,38,41-43,45,47-70H2,1-3H3/b10-7-,19-16-,28-25-,32-29-,34-33-,37-36-,40-39-,46-44-. The van der Waals surface area contributed by atoms with Crippen LogP contribution in [0, 0.1) is 0 Å². The quantitative estimate of drug-likeness (QED) is 0.0261. The number of rotatable bonds is 62. The number of carbonyl (C=O) groups excluding carboxylic acids is 3. The summed E-state index contributed by atoms with van der Waals surface area (Å²) in [4.78, 5) is 38.4. The average molecular weight is 1110 g/mol. The Hall–Kier alpha value is -3.67. The first kappa shape index (κ1) is 76.3. The monoisotopic (exact) mass is 1110 g/mol. The van der Waals surface area contributed by atoms with Crippen LogP contribution in [-0.2, 0) is 28.6 Å². The van der Waals surface area contributed by atoms with Crippen LogP contribution in [0.5, 0.6) is 0 Å². The highest BCUT2D eigenvalue weighted by Gasteiger charge is 2.19. The maximum Gasteiger partial charge on any atom is 0.306 e. The number of carbonyl (C=O) groups is 3. The first-order valence-electron chi connectivity index (χ1n) is 34.2. The summed E-state index contributed by atoms with van der Waals surface area (Å²) in [6, 6.07) is 0. The van der Waals surface area contributed by atoms with Crippen LogP contribution in [0.25, 0.3) is 0 Å². The normalized spacial score (nSPS) is 12.7. The van der Waals surface area contributed by atoms with Gasteiger partial charge in [-0.15, -0.1) is 0 Å². The van der Waals surface area contributed by atoms with E-state index in [1.165, 1.54) is 173 Å². The molecule has 0 aromatic heterocycles. The highest BCUT2D eigenvalue weighted by molar-refractivity contribution is 5.71. The Morgan fingerprint density at radius 1 is 0.263 bits per heavy atom. The van der Waals surface area contributed by atoms with Crippen LogP contribution in [0.4, 0.5) is 0 Å². The largest absolute Gasteiger partial charge is 0.462 e. The first-order chi connectivity index (χ1) is 39.5. The molecular weight excluding hydrogens is 985 g/mol. The van der Waals surface area contributed by atoms with E-state index in [-0.39, 0.29) is 31.1 Å². The van der Waals surface area contributed by atoms with Crippen molar-refractivity contribution >= 4 is 17.9 Å². The van der Waals surface area contributed by atoms with E-state index in [0.29, 0.717) is 19.3 Å². The molecule has 0 aromatic carbocycles. The van der Waals surface area contributed by atoms with Crippen molar-refractivity contribution < 1.29 is 28.6 Å². The predicted octanol–water partition coefficient (Wildman–Crippen LogP) is 23.6. The second kappa shape index (κ2) is 67.8. The SMILES string of the molecule is CC/C=C\C/C=C\C/C=C\C/C=C\C/C=C\C/C=C\C/C=C\CCCCCCCC(=O)OCC(COC(=O)CCCCCCCCCCCCCCCCCCC)OC(=O)CCCCCCCCC/C=C\CCCCCCCCC. The minimum Gasteiger partial charge on any atom is -0.462 e. The second-order valence-corrected chi connectivity index (χ2v) is 22.7. The van der Waals surface area contributed by atoms with Gasteiger partial charge >= 0.3 is 17.9 Å². The molecule has 0 bridgehead atoms. The predicted molar refractivity (Wildman–Crippen MR) is 348 cm³/mol. The molecule has 0 rings (SSSR count). The van der Waals surface area contributed by atoms with Crippen molar-refractivity contribution in [2.24, 2.45) is 0 Å². The Balaban J connectivity index is 4.39. The Bertz CT molecular complexity index is 1560. The van der Waals surface area contributed by atoms with Gasteiger partial charge < -0.3 is 14.2 Å². The zero-order chi connectivity index (χ0) is 57.8. The van der Waals surface area contributed by atoms with Crippen molar-refractivity contribution in [2.45, 2.75) is 341 Å². The molecule has 0 aliphatic rings. The zero-order valence-electron chi connectivity index (χ0n) is 52.8. The van der Waals surface area contributed by atoms with Gasteiger partial charge in [0.1, 0.15) is 13.2 Å². The molecule has 0 amide bonds. The Labute approximate surface area is 496 Å². The first-order valence-corrected chi connectivity index (χ1v) is 34.2. The summed E-state index contributed by atoms with van der Waals surface area (Å²) in [5.74, 6) is -0.891. The van der Waals surface area contributed by atoms with Crippen LogP contribution < -0.4 is 0 Å². The molecule has 1 atom stereocenters. The van der Waals surface area contributed by atoms with Gasteiger partial charge in [0.15, 0.2) is 6.10 Å². The molecule has 0 spiro atoms. The zero-order valence-corrected chi connectivity index (χ0v) is 52.8. The molecule has 0 radical (unpaired) electrons. The minimum absolute atomic E-state index is 0.0824. The highest BCUT2D eigenvalue weighted by atomic mass is 16.6. The van der Waals surface area contributed by atoms with Crippen molar-refractivity contribution in [3.63, 3.8) is 0 Å². The summed E-state index contributed by atoms with van der Waals surface area (Å²) < 4.78 is 17.0. The van der Waals surface area contributed by atoms with Crippen molar-refractivity contribution in [2.75, 3.05) is 13.2 Å². The van der Waals surface area contributed by atoms with Gasteiger partial charge in [-0.25, -0.2) is 0 Å². The summed E-state index contributed by atoms with van der Waals surface area (Å²) >= 11 is 0. The van der Waals surface area contributed by atoms with Crippen molar-refractivity contribution in [1.82, 2.24) is 0 Å². The van der Waals surface area contributed by atoms with Crippen LogP contribution in [0.2, 0.25) is 0 Å². The molecule has 0 heterocycles. The second-order valence-electron chi connectivity index (χ2n) is 22.7. The van der Waals surface area contributed by atoms with Crippen molar-refractivity contribution in [3.8, 4) is 0 Å². The fourth-order valence-electron chi connectivity index (χ4n) is 9.71. The molecule has 0 saturated carbocycles. The molecule has 0 aliphatic carbocycles. The summed E-state index contributed by atoms with van der Waals surface area (Å²) in [6.45, 7) is 6.55. The smallest absolute Gasteiger partial charge is 0.306 e. The average Bonchev–Trinajstić information content (AvgIpc) is 3.46. The Morgan fingerprint density at radius 2 is 0.487 bits per heavy atom. The van der Waals surface area contributed by atoms with E-state index in [1.54, 1.807) is 0 Å². The third kappa shape index (κ3) is 65.1. The van der Waals surface area contributed by atoms with Gasteiger partial charge in [-0.2, -0.15) is 0 Å². The topological polar surface area (TPSA) is 78.9 Å². The molecule has 80 heavy (non-hydrogen) atoms. The fourth-order valence-corrected chi connectivity index (χ4v) is 9.71. The molecule has 0 N–H and O–H groups in total. The summed E-state index contributed by atoms with van der Waals surface area (Å²) in [5, 5.41) is 0. The van der Waals surface area contributed by atoms with E-state index < -0.39 is 6.10 Å². The molecule has 460 valence electrons. The minimum atomic E-state index is -0.789.